The smallest absolute Gasteiger partial charge is 0.150 e. The molecule has 0 radical (unpaired) electrons. The van der Waals surface area contributed by atoms with Crippen molar-refractivity contribution in [2.45, 2.75) is 31.3 Å². The van der Waals surface area contributed by atoms with Crippen molar-refractivity contribution in [1.82, 2.24) is 14.8 Å². The van der Waals surface area contributed by atoms with Gasteiger partial charge in [-0.25, -0.2) is 0 Å². The number of phenols is 1. The molecule has 1 aliphatic carbocycles. The molecule has 1 heterocycles. The Bertz CT molecular complexity index is 530. The lowest BCUT2D eigenvalue weighted by Gasteiger charge is -2.12. The van der Waals surface area contributed by atoms with Crippen LogP contribution in [-0.2, 0) is 6.42 Å². The quantitative estimate of drug-likeness (QED) is 0.855. The minimum absolute atomic E-state index is 0.155. The molecular weight excluding hydrogens is 228 g/mol. The lowest BCUT2D eigenvalue weighted by atomic mass is 10.1. The van der Waals surface area contributed by atoms with Crippen LogP contribution in [0.4, 0.5) is 0 Å². The number of rotatable bonds is 4. The third-order valence-electron chi connectivity index (χ3n) is 3.26. The third kappa shape index (κ3) is 2.22. The highest BCUT2D eigenvalue weighted by atomic mass is 16.3. The van der Waals surface area contributed by atoms with Crippen LogP contribution in [-0.4, -0.2) is 19.9 Å². The first-order valence-electron chi connectivity index (χ1n) is 6.17. The van der Waals surface area contributed by atoms with E-state index in [9.17, 15) is 5.11 Å². The van der Waals surface area contributed by atoms with Crippen LogP contribution in [0, 0.1) is 0 Å². The molecule has 5 heteroatoms. The number of nitrogens with zero attached hydrogens (tertiary/aromatic N) is 3. The van der Waals surface area contributed by atoms with Crippen LogP contribution in [0.3, 0.4) is 0 Å². The number of nitrogens with two attached hydrogens (primary N) is 1. The molecule has 1 aromatic heterocycles. The maximum atomic E-state index is 9.24. The molecule has 5 nitrogen and oxygen atoms in total. The first-order valence-corrected chi connectivity index (χ1v) is 6.17. The molecule has 3 N–H and O–H groups in total. The van der Waals surface area contributed by atoms with Crippen LogP contribution < -0.4 is 5.73 Å². The molecule has 0 amide bonds. The Kier molecular flexibility index (Phi) is 2.76. The fourth-order valence-electron chi connectivity index (χ4n) is 2.13. The average Bonchev–Trinajstić information content (AvgIpc) is 3.09. The van der Waals surface area contributed by atoms with Crippen LogP contribution in [0.25, 0.3) is 0 Å². The number of hydrogen-bond donors (Lipinski definition) is 2. The topological polar surface area (TPSA) is 77.0 Å². The van der Waals surface area contributed by atoms with Crippen molar-refractivity contribution in [3.05, 3.63) is 42.0 Å². The number of aromatic hydroxyl groups is 1. The lowest BCUT2D eigenvalue weighted by molar-refractivity contribution is 0.475. The first kappa shape index (κ1) is 11.2. The molecule has 3 rings (SSSR count). The van der Waals surface area contributed by atoms with Crippen molar-refractivity contribution in [3.8, 4) is 5.75 Å². The monoisotopic (exact) mass is 244 g/mol. The van der Waals surface area contributed by atoms with E-state index in [0.29, 0.717) is 12.5 Å². The highest BCUT2D eigenvalue weighted by molar-refractivity contribution is 5.26. The van der Waals surface area contributed by atoms with E-state index >= 15 is 0 Å². The highest BCUT2D eigenvalue weighted by Gasteiger charge is 2.27. The maximum absolute atomic E-state index is 9.24. The van der Waals surface area contributed by atoms with Gasteiger partial charge in [-0.3, -0.25) is 0 Å². The van der Waals surface area contributed by atoms with Gasteiger partial charge in [-0.05, 0) is 37.0 Å². The Balaban J connectivity index is 1.75. The Hall–Kier alpha value is -1.88. The van der Waals surface area contributed by atoms with Gasteiger partial charge in [-0.1, -0.05) is 12.1 Å². The molecule has 1 aliphatic rings. The van der Waals surface area contributed by atoms with E-state index in [0.717, 1.165) is 11.4 Å². The van der Waals surface area contributed by atoms with Gasteiger partial charge in [-0.15, -0.1) is 10.2 Å². The molecular formula is C13H16N4O. The Morgan fingerprint density at radius 1 is 1.33 bits per heavy atom. The van der Waals surface area contributed by atoms with Crippen LogP contribution in [0.1, 0.15) is 36.3 Å². The lowest BCUT2D eigenvalue weighted by Crippen LogP contribution is -2.18. The summed E-state index contributed by atoms with van der Waals surface area (Å²) in [7, 11) is 0. The summed E-state index contributed by atoms with van der Waals surface area (Å²) in [6.45, 7) is 0. The van der Waals surface area contributed by atoms with E-state index in [1.54, 1.807) is 18.5 Å². The van der Waals surface area contributed by atoms with E-state index < -0.39 is 0 Å². The van der Waals surface area contributed by atoms with Gasteiger partial charge in [0.1, 0.15) is 17.9 Å². The molecule has 1 aromatic carbocycles. The van der Waals surface area contributed by atoms with Crippen LogP contribution in [0.2, 0.25) is 0 Å². The Labute approximate surface area is 105 Å². The van der Waals surface area contributed by atoms with E-state index in [1.807, 2.05) is 12.1 Å². The fourth-order valence-corrected chi connectivity index (χ4v) is 2.13. The largest absolute Gasteiger partial charge is 0.508 e. The average molecular weight is 244 g/mol. The normalized spacial score (nSPS) is 16.7. The second kappa shape index (κ2) is 4.42. The standard InChI is InChI=1S/C13H16N4O/c14-12(7-9-1-5-11(18)6-2-9)13-16-15-8-17(13)10-3-4-10/h1-2,5-6,8,10,12,18H,3-4,7,14H2/t12-/m0/s1. The van der Waals surface area contributed by atoms with Crippen molar-refractivity contribution >= 4 is 0 Å². The van der Waals surface area contributed by atoms with Gasteiger partial charge < -0.3 is 15.4 Å². The molecule has 1 saturated carbocycles. The maximum Gasteiger partial charge on any atom is 0.150 e. The zero-order valence-electron chi connectivity index (χ0n) is 10.0. The molecule has 0 bridgehead atoms. The van der Waals surface area contributed by atoms with E-state index in [1.165, 1.54) is 12.8 Å². The summed E-state index contributed by atoms with van der Waals surface area (Å²) in [6, 6.07) is 7.50. The summed E-state index contributed by atoms with van der Waals surface area (Å²) >= 11 is 0. The minimum Gasteiger partial charge on any atom is -0.508 e. The van der Waals surface area contributed by atoms with Gasteiger partial charge in [0.15, 0.2) is 0 Å². The summed E-state index contributed by atoms with van der Waals surface area (Å²) in [5.74, 6) is 1.12. The van der Waals surface area contributed by atoms with Gasteiger partial charge in [0.2, 0.25) is 0 Å². The van der Waals surface area contributed by atoms with Crippen LogP contribution >= 0.6 is 0 Å². The second-order valence-electron chi connectivity index (χ2n) is 4.80. The van der Waals surface area contributed by atoms with E-state index in [4.69, 9.17) is 5.73 Å². The van der Waals surface area contributed by atoms with Crippen molar-refractivity contribution in [2.75, 3.05) is 0 Å². The van der Waals surface area contributed by atoms with Gasteiger partial charge >= 0.3 is 0 Å². The molecule has 2 aromatic rings. The molecule has 0 unspecified atom stereocenters. The van der Waals surface area contributed by atoms with Crippen LogP contribution in [0.15, 0.2) is 30.6 Å². The van der Waals surface area contributed by atoms with Crippen molar-refractivity contribution in [2.24, 2.45) is 5.73 Å². The second-order valence-corrected chi connectivity index (χ2v) is 4.80. The summed E-state index contributed by atoms with van der Waals surface area (Å²) in [6.07, 6.45) is 4.85. The predicted molar refractivity (Wildman–Crippen MR) is 67.0 cm³/mol. The number of benzene rings is 1. The van der Waals surface area contributed by atoms with Gasteiger partial charge in [0, 0.05) is 6.04 Å². The van der Waals surface area contributed by atoms with Crippen molar-refractivity contribution < 1.29 is 5.11 Å². The zero-order chi connectivity index (χ0) is 12.5. The van der Waals surface area contributed by atoms with Crippen LogP contribution in [0.5, 0.6) is 5.75 Å². The predicted octanol–water partition coefficient (Wildman–Crippen LogP) is 1.56. The van der Waals surface area contributed by atoms with E-state index in [2.05, 4.69) is 14.8 Å². The highest BCUT2D eigenvalue weighted by Crippen LogP contribution is 2.36. The van der Waals surface area contributed by atoms with Crippen molar-refractivity contribution in [1.29, 1.82) is 0 Å². The molecule has 18 heavy (non-hydrogen) atoms. The molecule has 1 fully saturated rings. The van der Waals surface area contributed by atoms with Gasteiger partial charge in [0.25, 0.3) is 0 Å². The number of hydrogen-bond acceptors (Lipinski definition) is 4. The van der Waals surface area contributed by atoms with E-state index in [-0.39, 0.29) is 11.8 Å². The summed E-state index contributed by atoms with van der Waals surface area (Å²) < 4.78 is 2.09. The zero-order valence-corrected chi connectivity index (χ0v) is 10.0. The Morgan fingerprint density at radius 3 is 2.72 bits per heavy atom. The molecule has 0 saturated heterocycles. The first-order chi connectivity index (χ1) is 8.74. The molecule has 0 spiro atoms. The Morgan fingerprint density at radius 2 is 2.06 bits per heavy atom. The number of aromatic nitrogens is 3. The molecule has 94 valence electrons. The summed E-state index contributed by atoms with van der Waals surface area (Å²) in [4.78, 5) is 0. The van der Waals surface area contributed by atoms with Gasteiger partial charge in [0.05, 0.1) is 6.04 Å². The van der Waals surface area contributed by atoms with Crippen molar-refractivity contribution in [3.63, 3.8) is 0 Å². The molecule has 1 atom stereocenters. The summed E-state index contributed by atoms with van der Waals surface area (Å²) in [5.41, 5.74) is 7.28. The van der Waals surface area contributed by atoms with Gasteiger partial charge in [-0.2, -0.15) is 0 Å². The third-order valence-corrected chi connectivity index (χ3v) is 3.26. The summed E-state index contributed by atoms with van der Waals surface area (Å²) in [5, 5.41) is 17.3. The minimum atomic E-state index is -0.155. The fraction of sp³-hybridized carbons (Fsp3) is 0.385. The molecule has 0 aliphatic heterocycles. The SMILES string of the molecule is N[C@@H](Cc1ccc(O)cc1)c1nncn1C1CC1. The number of phenolic OH excluding ortho intramolecular Hbond substituents is 1.